The van der Waals surface area contributed by atoms with Gasteiger partial charge >= 0.3 is 6.01 Å². The standard InChI is InChI=1S/C34H37FN6O2/c1-4-31(42)41-14-13-40(20-24(41)19-36-2)32-27-15-29(35)26(25-9-5-7-22-17-34(10-11-34)18-28(22)25)16-30(27)37-33(38-32)43-21-23-8-6-12-39(23)3/h4-5,7,9,15-16,23-24H,1,6,8,10-14,17-21H2,3H3/t23-,24-/m0/s1. The van der Waals surface area contributed by atoms with E-state index in [1.807, 2.05) is 23.1 Å². The number of carbonyl (C=O) groups excluding carboxylic acids is 1. The first-order chi connectivity index (χ1) is 20.9. The van der Waals surface area contributed by atoms with Crippen molar-refractivity contribution in [2.45, 2.75) is 50.6 Å². The van der Waals surface area contributed by atoms with Gasteiger partial charge in [-0.1, -0.05) is 24.8 Å². The van der Waals surface area contributed by atoms with Gasteiger partial charge in [0.25, 0.3) is 0 Å². The Labute approximate surface area is 252 Å². The number of nitrogens with zero attached hydrogens (tertiary/aromatic N) is 6. The van der Waals surface area contributed by atoms with Crippen molar-refractivity contribution in [1.29, 1.82) is 0 Å². The van der Waals surface area contributed by atoms with Crippen LogP contribution < -0.4 is 9.64 Å². The van der Waals surface area contributed by atoms with E-state index in [4.69, 9.17) is 21.3 Å². The zero-order chi connectivity index (χ0) is 29.7. The van der Waals surface area contributed by atoms with Crippen molar-refractivity contribution in [3.05, 3.63) is 71.3 Å². The topological polar surface area (TPSA) is 66.2 Å². The zero-order valence-corrected chi connectivity index (χ0v) is 24.7. The lowest BCUT2D eigenvalue weighted by Gasteiger charge is -2.39. The first kappa shape index (κ1) is 27.8. The van der Waals surface area contributed by atoms with Crippen molar-refractivity contribution in [3.63, 3.8) is 0 Å². The molecule has 2 saturated heterocycles. The first-order valence-electron chi connectivity index (χ1n) is 15.3. The molecule has 2 aliphatic carbocycles. The second kappa shape index (κ2) is 10.9. The van der Waals surface area contributed by atoms with Gasteiger partial charge < -0.3 is 24.3 Å². The van der Waals surface area contributed by atoms with Crippen molar-refractivity contribution in [2.24, 2.45) is 5.41 Å². The number of anilines is 1. The highest BCUT2D eigenvalue weighted by molar-refractivity contribution is 5.94. The predicted molar refractivity (Wildman–Crippen MR) is 165 cm³/mol. The molecule has 1 amide bonds. The third kappa shape index (κ3) is 5.12. The lowest BCUT2D eigenvalue weighted by Crippen LogP contribution is -2.56. The average molecular weight is 581 g/mol. The van der Waals surface area contributed by atoms with E-state index in [9.17, 15) is 4.79 Å². The fourth-order valence-electron chi connectivity index (χ4n) is 7.33. The Morgan fingerprint density at radius 3 is 2.79 bits per heavy atom. The normalized spacial score (nSPS) is 22.5. The van der Waals surface area contributed by atoms with Crippen molar-refractivity contribution in [3.8, 4) is 17.1 Å². The summed E-state index contributed by atoms with van der Waals surface area (Å²) in [5.74, 6) is 0.0765. The molecule has 9 heteroatoms. The molecule has 1 saturated carbocycles. The maximum atomic E-state index is 16.1. The number of piperazine rings is 1. The van der Waals surface area contributed by atoms with E-state index in [1.165, 1.54) is 30.0 Å². The van der Waals surface area contributed by atoms with Crippen LogP contribution in [0.3, 0.4) is 0 Å². The summed E-state index contributed by atoms with van der Waals surface area (Å²) in [4.78, 5) is 31.8. The Bertz CT molecular complexity index is 1650. The summed E-state index contributed by atoms with van der Waals surface area (Å²) in [6.07, 6.45) is 8.06. The molecule has 0 bridgehead atoms. The number of benzene rings is 2. The van der Waals surface area contributed by atoms with Gasteiger partial charge in [-0.05, 0) is 92.4 Å². The number of aromatic nitrogens is 2. The molecule has 2 aliphatic heterocycles. The lowest BCUT2D eigenvalue weighted by molar-refractivity contribution is -0.128. The number of fused-ring (bicyclic) bond motifs is 2. The molecule has 2 atom stereocenters. The molecule has 3 aromatic rings. The molecule has 3 fully saturated rings. The minimum atomic E-state index is -0.330. The van der Waals surface area contributed by atoms with Gasteiger partial charge in [-0.2, -0.15) is 9.97 Å². The molecule has 1 spiro atoms. The summed E-state index contributed by atoms with van der Waals surface area (Å²) in [5, 5.41) is 0.600. The predicted octanol–water partition coefficient (Wildman–Crippen LogP) is 4.91. The van der Waals surface area contributed by atoms with Crippen molar-refractivity contribution in [1.82, 2.24) is 19.8 Å². The van der Waals surface area contributed by atoms with Crippen LogP contribution in [0, 0.1) is 17.8 Å². The number of amides is 1. The van der Waals surface area contributed by atoms with E-state index < -0.39 is 0 Å². The van der Waals surface area contributed by atoms with Gasteiger partial charge in [0.15, 0.2) is 0 Å². The molecule has 3 heterocycles. The minimum Gasteiger partial charge on any atom is -0.462 e. The molecule has 1 aromatic heterocycles. The molecule has 2 aromatic carbocycles. The third-order valence-electron chi connectivity index (χ3n) is 10.00. The van der Waals surface area contributed by atoms with Gasteiger partial charge in [0.1, 0.15) is 24.3 Å². The summed E-state index contributed by atoms with van der Waals surface area (Å²) in [7, 11) is 2.11. The highest BCUT2D eigenvalue weighted by Crippen LogP contribution is 2.57. The summed E-state index contributed by atoms with van der Waals surface area (Å²) in [6, 6.07) is 9.90. The maximum absolute atomic E-state index is 16.1. The van der Waals surface area contributed by atoms with Crippen LogP contribution in [0.25, 0.3) is 26.9 Å². The smallest absolute Gasteiger partial charge is 0.319 e. The van der Waals surface area contributed by atoms with E-state index in [2.05, 4.69) is 29.4 Å². The quantitative estimate of drug-likeness (QED) is 0.292. The number of ether oxygens (including phenoxy) is 1. The summed E-state index contributed by atoms with van der Waals surface area (Å²) in [5.41, 5.74) is 5.11. The van der Waals surface area contributed by atoms with E-state index in [1.54, 1.807) is 11.0 Å². The second-order valence-electron chi connectivity index (χ2n) is 12.7. The molecule has 0 unspecified atom stereocenters. The van der Waals surface area contributed by atoms with Gasteiger partial charge in [-0.3, -0.25) is 4.79 Å². The van der Waals surface area contributed by atoms with E-state index in [0.29, 0.717) is 60.0 Å². The molecule has 4 aliphatic rings. The van der Waals surface area contributed by atoms with Gasteiger partial charge in [0.05, 0.1) is 5.52 Å². The number of likely N-dealkylation sites (tertiary alicyclic amines) is 1. The molecule has 43 heavy (non-hydrogen) atoms. The highest BCUT2D eigenvalue weighted by Gasteiger charge is 2.47. The van der Waals surface area contributed by atoms with Gasteiger partial charge in [-0.25, -0.2) is 11.0 Å². The van der Waals surface area contributed by atoms with Gasteiger partial charge in [-0.15, -0.1) is 0 Å². The largest absolute Gasteiger partial charge is 0.462 e. The average Bonchev–Trinajstić information content (AvgIpc) is 3.45. The van der Waals surface area contributed by atoms with Crippen LogP contribution >= 0.6 is 0 Å². The summed E-state index contributed by atoms with van der Waals surface area (Å²) in [6.45, 7) is 14.1. The number of hydrogen-bond donors (Lipinski definition) is 0. The van der Waals surface area contributed by atoms with Crippen LogP contribution in [0.15, 0.2) is 43.0 Å². The minimum absolute atomic E-state index is 0.162. The number of halogens is 1. The molecule has 0 radical (unpaired) electrons. The Morgan fingerprint density at radius 2 is 2.05 bits per heavy atom. The van der Waals surface area contributed by atoms with Gasteiger partial charge in [0, 0.05) is 36.6 Å². The zero-order valence-electron chi connectivity index (χ0n) is 24.7. The fourth-order valence-corrected chi connectivity index (χ4v) is 7.33. The van der Waals surface area contributed by atoms with Crippen molar-refractivity contribution < 1.29 is 13.9 Å². The Hall–Kier alpha value is -4.03. The first-order valence-corrected chi connectivity index (χ1v) is 15.3. The molecule has 7 rings (SSSR count). The van der Waals surface area contributed by atoms with E-state index in [-0.39, 0.29) is 30.3 Å². The monoisotopic (exact) mass is 580 g/mol. The number of rotatable bonds is 7. The highest BCUT2D eigenvalue weighted by atomic mass is 19.1. The van der Waals surface area contributed by atoms with Crippen LogP contribution in [0.5, 0.6) is 6.01 Å². The number of hydrogen-bond acceptors (Lipinski definition) is 6. The second-order valence-corrected chi connectivity index (χ2v) is 12.7. The Morgan fingerprint density at radius 1 is 1.19 bits per heavy atom. The molecular formula is C34H37FN6O2. The molecule has 0 N–H and O–H groups in total. The number of carbonyl (C=O) groups is 1. The van der Waals surface area contributed by atoms with Crippen LogP contribution in [-0.2, 0) is 17.6 Å². The molecule has 222 valence electrons. The summed E-state index contributed by atoms with van der Waals surface area (Å²) >= 11 is 0. The SMILES string of the molecule is [C-]#[N+]C[C@H]1CN(c2nc(OC[C@@H]3CCCN3C)nc3cc(-c4cccc5c4CC4(CC4)C5)c(F)cc23)CCN1C(=O)C=C. The third-order valence-corrected chi connectivity index (χ3v) is 10.00. The Kier molecular flexibility index (Phi) is 7.05. The van der Waals surface area contributed by atoms with Crippen LogP contribution in [0.2, 0.25) is 0 Å². The summed E-state index contributed by atoms with van der Waals surface area (Å²) < 4.78 is 22.3. The maximum Gasteiger partial charge on any atom is 0.319 e. The van der Waals surface area contributed by atoms with E-state index >= 15 is 4.39 Å². The molecular weight excluding hydrogens is 543 g/mol. The van der Waals surface area contributed by atoms with Crippen LogP contribution in [0.1, 0.15) is 36.8 Å². The number of likely N-dealkylation sites (N-methyl/N-ethyl adjacent to an activating group) is 1. The van der Waals surface area contributed by atoms with E-state index in [0.717, 1.165) is 37.8 Å². The van der Waals surface area contributed by atoms with Gasteiger partial charge in [0.2, 0.25) is 12.5 Å². The molecule has 8 nitrogen and oxygen atoms in total. The van der Waals surface area contributed by atoms with Crippen molar-refractivity contribution in [2.75, 3.05) is 51.3 Å². The van der Waals surface area contributed by atoms with Crippen molar-refractivity contribution >= 4 is 22.6 Å². The van der Waals surface area contributed by atoms with Crippen LogP contribution in [0.4, 0.5) is 10.2 Å². The lowest BCUT2D eigenvalue weighted by atomic mass is 9.95. The fraction of sp³-hybridized carbons (Fsp3) is 0.471. The van der Waals surface area contributed by atoms with Crippen LogP contribution in [-0.4, -0.2) is 84.1 Å². The Balaban J connectivity index is 1.29.